The number of methoxy groups -OCH3 is 1. The number of non-ortho nitro benzene ring substituents is 1. The zero-order valence-electron chi connectivity index (χ0n) is 28.7. The maximum atomic E-state index is 13.2. The number of benzene rings is 2. The smallest absolute Gasteiger partial charge is 0.407 e. The molecule has 2 rings (SSSR count). The van der Waals surface area contributed by atoms with E-state index in [0.717, 1.165) is 5.56 Å². The van der Waals surface area contributed by atoms with Crippen LogP contribution < -0.4 is 10.1 Å². The maximum absolute atomic E-state index is 13.2. The standard InChI is InChI=1S/C24H33N3O7S.4C2H6/c1-6-26(35(31,32)22-13-11-21(33-5)12-14-22)16-15-19(25-23(28)34-24(2,3)4)17-18-7-9-20(10-8-18)27(29)30;4*1-2/h7-14,19H,6,15-17H2,1-5H3,(H,25,28);4*1-2H3/t19-;;;;/m1..../s1. The van der Waals surface area contributed by atoms with Crippen LogP contribution in [0.2, 0.25) is 0 Å². The SMILES string of the molecule is CC.CC.CC.CC.CCN(CC[C@H](Cc1ccc([N+](=O)[O-])cc1)NC(=O)OC(C)(C)C)S(=O)(=O)c1ccc(OC)cc1. The second-order valence-corrected chi connectivity index (χ2v) is 10.9. The molecule has 0 aliphatic heterocycles. The summed E-state index contributed by atoms with van der Waals surface area (Å²) in [5, 5.41) is 13.7. The van der Waals surface area contributed by atoms with E-state index in [1.165, 1.54) is 35.7 Å². The molecule has 0 unspecified atom stereocenters. The molecule has 2 aromatic carbocycles. The summed E-state index contributed by atoms with van der Waals surface area (Å²) in [6, 6.07) is 11.7. The lowest BCUT2D eigenvalue weighted by Crippen LogP contribution is -2.43. The Labute approximate surface area is 261 Å². The Bertz CT molecular complexity index is 1100. The van der Waals surface area contributed by atoms with Crippen LogP contribution >= 0.6 is 0 Å². The molecule has 0 aliphatic rings. The average Bonchev–Trinajstić information content (AvgIpc) is 3.00. The van der Waals surface area contributed by atoms with Crippen molar-refractivity contribution in [2.75, 3.05) is 20.2 Å². The fourth-order valence-corrected chi connectivity index (χ4v) is 4.85. The minimum Gasteiger partial charge on any atom is -0.497 e. The van der Waals surface area contributed by atoms with Gasteiger partial charge < -0.3 is 14.8 Å². The Balaban J connectivity index is -0.00000184. The summed E-state index contributed by atoms with van der Waals surface area (Å²) in [5.74, 6) is 0.553. The number of nitrogens with one attached hydrogen (secondary N) is 1. The van der Waals surface area contributed by atoms with Crippen LogP contribution in [-0.2, 0) is 21.2 Å². The van der Waals surface area contributed by atoms with Crippen LogP contribution in [0.5, 0.6) is 5.75 Å². The number of nitrogens with zero attached hydrogens (tertiary/aromatic N) is 2. The number of amides is 1. The van der Waals surface area contributed by atoms with E-state index in [0.29, 0.717) is 18.6 Å². The number of sulfonamides is 1. The molecule has 11 heteroatoms. The molecule has 10 nitrogen and oxygen atoms in total. The second-order valence-electron chi connectivity index (χ2n) is 8.93. The Morgan fingerprint density at radius 2 is 1.42 bits per heavy atom. The molecule has 0 bridgehead atoms. The second kappa shape index (κ2) is 24.3. The van der Waals surface area contributed by atoms with Gasteiger partial charge in [-0.3, -0.25) is 10.1 Å². The fourth-order valence-electron chi connectivity index (χ4n) is 3.38. The van der Waals surface area contributed by atoms with Crippen molar-refractivity contribution in [3.8, 4) is 5.75 Å². The average molecular weight is 628 g/mol. The van der Waals surface area contributed by atoms with Crippen LogP contribution in [-0.4, -0.2) is 55.6 Å². The first-order valence-corrected chi connectivity index (χ1v) is 16.7. The first kappa shape index (κ1) is 44.3. The van der Waals surface area contributed by atoms with E-state index in [2.05, 4.69) is 5.32 Å². The highest BCUT2D eigenvalue weighted by Crippen LogP contribution is 2.21. The van der Waals surface area contributed by atoms with Gasteiger partial charge in [0, 0.05) is 31.3 Å². The maximum Gasteiger partial charge on any atom is 0.407 e. The quantitative estimate of drug-likeness (QED) is 0.196. The lowest BCUT2D eigenvalue weighted by Gasteiger charge is -2.26. The number of hydrogen-bond acceptors (Lipinski definition) is 7. The van der Waals surface area contributed by atoms with Gasteiger partial charge in [0.25, 0.3) is 5.69 Å². The van der Waals surface area contributed by atoms with E-state index < -0.39 is 32.7 Å². The molecule has 0 radical (unpaired) electrons. The van der Waals surface area contributed by atoms with Gasteiger partial charge in [-0.1, -0.05) is 74.4 Å². The van der Waals surface area contributed by atoms with Crippen molar-refractivity contribution in [1.82, 2.24) is 9.62 Å². The number of nitro groups is 1. The highest BCUT2D eigenvalue weighted by Gasteiger charge is 2.26. The molecule has 0 saturated carbocycles. The van der Waals surface area contributed by atoms with Gasteiger partial charge in [-0.05, 0) is 63.4 Å². The Kier molecular flexibility index (Phi) is 25.0. The number of rotatable bonds is 11. The van der Waals surface area contributed by atoms with E-state index in [1.54, 1.807) is 52.0 Å². The molecular weight excluding hydrogens is 570 g/mol. The fraction of sp³-hybridized carbons (Fsp3) is 0.594. The molecule has 1 N–H and O–H groups in total. The molecule has 0 fully saturated rings. The molecule has 1 atom stereocenters. The highest BCUT2D eigenvalue weighted by molar-refractivity contribution is 7.89. The molecule has 248 valence electrons. The third kappa shape index (κ3) is 17.5. The largest absolute Gasteiger partial charge is 0.497 e. The predicted molar refractivity (Wildman–Crippen MR) is 177 cm³/mol. The van der Waals surface area contributed by atoms with E-state index >= 15 is 0 Å². The van der Waals surface area contributed by atoms with Gasteiger partial charge in [0.2, 0.25) is 10.0 Å². The number of ether oxygens (including phenoxy) is 2. The summed E-state index contributed by atoms with van der Waals surface area (Å²) in [4.78, 5) is 23.0. The molecular formula is C32H57N3O7S. The third-order valence-electron chi connectivity index (χ3n) is 5.13. The zero-order valence-corrected chi connectivity index (χ0v) is 29.5. The van der Waals surface area contributed by atoms with Gasteiger partial charge in [-0.25, -0.2) is 13.2 Å². The molecule has 0 saturated heterocycles. The number of alkyl carbamates (subject to hydrolysis) is 1. The summed E-state index contributed by atoms with van der Waals surface area (Å²) in [7, 11) is -2.25. The van der Waals surface area contributed by atoms with Gasteiger partial charge >= 0.3 is 6.09 Å². The summed E-state index contributed by atoms with van der Waals surface area (Å²) in [5.41, 5.74) is 0.0284. The van der Waals surface area contributed by atoms with Gasteiger partial charge in [0.15, 0.2) is 0 Å². The number of carbonyl (C=O) groups is 1. The lowest BCUT2D eigenvalue weighted by molar-refractivity contribution is -0.384. The van der Waals surface area contributed by atoms with E-state index in [9.17, 15) is 23.3 Å². The zero-order chi connectivity index (χ0) is 34.2. The summed E-state index contributed by atoms with van der Waals surface area (Å²) in [6.45, 7) is 23.4. The first-order valence-electron chi connectivity index (χ1n) is 15.2. The van der Waals surface area contributed by atoms with Crippen molar-refractivity contribution in [3.63, 3.8) is 0 Å². The van der Waals surface area contributed by atoms with E-state index in [-0.39, 0.29) is 23.7 Å². The molecule has 0 heterocycles. The predicted octanol–water partition coefficient (Wildman–Crippen LogP) is 8.24. The van der Waals surface area contributed by atoms with Crippen LogP contribution in [0.1, 0.15) is 95.1 Å². The van der Waals surface area contributed by atoms with Crippen LogP contribution in [0.4, 0.5) is 10.5 Å². The Morgan fingerprint density at radius 1 is 0.930 bits per heavy atom. The van der Waals surface area contributed by atoms with Crippen LogP contribution in [0.3, 0.4) is 0 Å². The minimum absolute atomic E-state index is 0.0341. The van der Waals surface area contributed by atoms with E-state index in [1.807, 2.05) is 55.4 Å². The van der Waals surface area contributed by atoms with E-state index in [4.69, 9.17) is 9.47 Å². The molecule has 0 aliphatic carbocycles. The Hall–Kier alpha value is -3.18. The third-order valence-corrected chi connectivity index (χ3v) is 7.12. The molecule has 1 amide bonds. The number of nitro benzene ring substituents is 1. The summed E-state index contributed by atoms with van der Waals surface area (Å²) < 4.78 is 38.1. The van der Waals surface area contributed by atoms with Gasteiger partial charge in [0.05, 0.1) is 16.9 Å². The highest BCUT2D eigenvalue weighted by atomic mass is 32.2. The summed E-state index contributed by atoms with van der Waals surface area (Å²) >= 11 is 0. The normalized spacial score (nSPS) is 10.9. The van der Waals surface area contributed by atoms with Crippen LogP contribution in [0.15, 0.2) is 53.4 Å². The number of hydrogen-bond donors (Lipinski definition) is 1. The minimum atomic E-state index is -3.76. The van der Waals surface area contributed by atoms with Crippen LogP contribution in [0.25, 0.3) is 0 Å². The van der Waals surface area contributed by atoms with Crippen molar-refractivity contribution < 1.29 is 27.6 Å². The topological polar surface area (TPSA) is 128 Å². The monoisotopic (exact) mass is 627 g/mol. The van der Waals surface area contributed by atoms with Crippen molar-refractivity contribution in [2.24, 2.45) is 0 Å². The van der Waals surface area contributed by atoms with Crippen molar-refractivity contribution in [1.29, 1.82) is 0 Å². The van der Waals surface area contributed by atoms with Gasteiger partial charge in [-0.15, -0.1) is 0 Å². The van der Waals surface area contributed by atoms with Gasteiger partial charge in [-0.2, -0.15) is 4.31 Å². The molecule has 43 heavy (non-hydrogen) atoms. The van der Waals surface area contributed by atoms with Crippen molar-refractivity contribution >= 4 is 21.8 Å². The lowest BCUT2D eigenvalue weighted by atomic mass is 10.0. The summed E-state index contributed by atoms with van der Waals surface area (Å²) in [6.07, 6.45) is 0.0297. The Morgan fingerprint density at radius 3 is 1.81 bits per heavy atom. The first-order chi connectivity index (χ1) is 20.4. The van der Waals surface area contributed by atoms with Gasteiger partial charge in [0.1, 0.15) is 11.4 Å². The number of carbonyl (C=O) groups excluding carboxylic acids is 1. The van der Waals surface area contributed by atoms with Crippen LogP contribution in [0, 0.1) is 10.1 Å². The van der Waals surface area contributed by atoms with Crippen molar-refractivity contribution in [2.45, 2.75) is 112 Å². The molecule has 2 aromatic rings. The molecule has 0 spiro atoms. The molecule has 0 aromatic heterocycles. The van der Waals surface area contributed by atoms with Crippen molar-refractivity contribution in [3.05, 3.63) is 64.2 Å².